The molecule has 2 aliphatic rings. The molecule has 298 valence electrons. The fourth-order valence-corrected chi connectivity index (χ4v) is 10.2. The van der Waals surface area contributed by atoms with Crippen LogP contribution in [0.15, 0.2) is 183 Å². The summed E-state index contributed by atoms with van der Waals surface area (Å²) in [6.45, 7) is 9.81. The van der Waals surface area contributed by atoms with Crippen molar-refractivity contribution in [3.8, 4) is 44.8 Å². The Morgan fingerprint density at radius 2 is 0.806 bits per heavy atom. The van der Waals surface area contributed by atoms with Crippen LogP contribution in [0.1, 0.15) is 33.4 Å². The lowest BCUT2D eigenvalue weighted by atomic mass is 9.95. The Labute approximate surface area is 361 Å². The summed E-state index contributed by atoms with van der Waals surface area (Å²) in [5, 5.41) is 4.97. The van der Waals surface area contributed by atoms with Crippen LogP contribution < -0.4 is 0 Å². The van der Waals surface area contributed by atoms with Crippen LogP contribution in [-0.2, 0) is 35.5 Å². The molecule has 4 nitrogen and oxygen atoms in total. The first-order valence-corrected chi connectivity index (χ1v) is 21.6. The number of hydrogen-bond donors (Lipinski definition) is 0. The zero-order chi connectivity index (χ0) is 41.3. The molecule has 2 heterocycles. The van der Waals surface area contributed by atoms with Crippen molar-refractivity contribution < 1.29 is 9.47 Å². The average molecular weight is 801 g/mol. The van der Waals surface area contributed by atoms with Crippen molar-refractivity contribution in [1.29, 1.82) is 0 Å². The van der Waals surface area contributed by atoms with Crippen LogP contribution in [-0.4, -0.2) is 22.3 Å². The summed E-state index contributed by atoms with van der Waals surface area (Å²) in [6.07, 6.45) is 5.48. The third kappa shape index (κ3) is 5.90. The van der Waals surface area contributed by atoms with Gasteiger partial charge in [0.25, 0.3) is 0 Å². The Bertz CT molecular complexity index is 3240. The van der Waals surface area contributed by atoms with Crippen molar-refractivity contribution in [1.82, 2.24) is 9.13 Å². The van der Waals surface area contributed by atoms with E-state index in [0.29, 0.717) is 26.4 Å². The van der Waals surface area contributed by atoms with Crippen LogP contribution in [0.4, 0.5) is 0 Å². The quantitative estimate of drug-likeness (QED) is 0.0963. The molecular formula is C58H44N2O2. The normalized spacial score (nSPS) is 12.6. The molecule has 0 spiro atoms. The van der Waals surface area contributed by atoms with Crippen molar-refractivity contribution in [2.45, 2.75) is 26.1 Å². The highest BCUT2D eigenvalue weighted by molar-refractivity contribution is 6.10. The van der Waals surface area contributed by atoms with Crippen LogP contribution in [0, 0.1) is 0 Å². The molecule has 12 rings (SSSR count). The molecule has 0 aliphatic heterocycles. The first-order chi connectivity index (χ1) is 30.6. The van der Waals surface area contributed by atoms with E-state index < -0.39 is 0 Å². The molecular weight excluding hydrogens is 757 g/mol. The van der Waals surface area contributed by atoms with Gasteiger partial charge in [0.1, 0.15) is 0 Å². The topological polar surface area (TPSA) is 28.3 Å². The third-order valence-electron chi connectivity index (χ3n) is 13.1. The molecule has 0 saturated heterocycles. The maximum absolute atomic E-state index is 5.81. The second kappa shape index (κ2) is 14.7. The van der Waals surface area contributed by atoms with E-state index in [9.17, 15) is 0 Å². The van der Waals surface area contributed by atoms with Crippen LogP contribution >= 0.6 is 0 Å². The molecule has 62 heavy (non-hydrogen) atoms. The summed E-state index contributed by atoms with van der Waals surface area (Å²) < 4.78 is 16.5. The first-order valence-electron chi connectivity index (χ1n) is 21.6. The monoisotopic (exact) mass is 800 g/mol. The number of para-hydroxylation sites is 2. The van der Waals surface area contributed by atoms with Gasteiger partial charge in [-0.2, -0.15) is 0 Å². The predicted octanol–water partition coefficient (Wildman–Crippen LogP) is 14.1. The van der Waals surface area contributed by atoms with Gasteiger partial charge in [-0.05, 0) is 152 Å². The van der Waals surface area contributed by atoms with Gasteiger partial charge in [0.2, 0.25) is 0 Å². The van der Waals surface area contributed by atoms with E-state index >= 15 is 0 Å². The Kier molecular flexibility index (Phi) is 8.70. The lowest BCUT2D eigenvalue weighted by molar-refractivity contribution is 0.149. The van der Waals surface area contributed by atoms with Crippen LogP contribution in [0.5, 0.6) is 0 Å². The molecule has 0 N–H and O–H groups in total. The van der Waals surface area contributed by atoms with Gasteiger partial charge < -0.3 is 18.6 Å². The van der Waals surface area contributed by atoms with E-state index in [1.807, 2.05) is 0 Å². The molecule has 8 aromatic carbocycles. The van der Waals surface area contributed by atoms with E-state index in [0.717, 1.165) is 24.0 Å². The number of ether oxygens (including phenoxy) is 2. The SMILES string of the molecule is C=CCOCc1ccc2c(c1)c1ccccc1n2-c1ccc2c(c1)-c1cc(-c3ccc4c(c3)-c3cc(-n5c6ccccc6c6cc(COCC=C)ccc65)ccc3C4)ccc1C2. The van der Waals surface area contributed by atoms with E-state index in [2.05, 4.69) is 180 Å². The van der Waals surface area contributed by atoms with Gasteiger partial charge in [-0.25, -0.2) is 0 Å². The number of benzene rings is 8. The minimum absolute atomic E-state index is 0.541. The number of hydrogen-bond acceptors (Lipinski definition) is 2. The van der Waals surface area contributed by atoms with Gasteiger partial charge in [-0.3, -0.25) is 0 Å². The first kappa shape index (κ1) is 36.6. The maximum atomic E-state index is 5.81. The van der Waals surface area contributed by atoms with Gasteiger partial charge in [-0.15, -0.1) is 13.2 Å². The fourth-order valence-electron chi connectivity index (χ4n) is 10.2. The summed E-state index contributed by atoms with van der Waals surface area (Å²) in [5.41, 5.74) is 22.8. The van der Waals surface area contributed by atoms with Crippen molar-refractivity contribution >= 4 is 43.6 Å². The van der Waals surface area contributed by atoms with Crippen molar-refractivity contribution in [3.63, 3.8) is 0 Å². The van der Waals surface area contributed by atoms with Gasteiger partial charge >= 0.3 is 0 Å². The minimum atomic E-state index is 0.541. The molecule has 10 aromatic rings. The summed E-state index contributed by atoms with van der Waals surface area (Å²) >= 11 is 0. The van der Waals surface area contributed by atoms with Crippen molar-refractivity contribution in [2.24, 2.45) is 0 Å². The molecule has 0 saturated carbocycles. The average Bonchev–Trinajstić information content (AvgIpc) is 4.06. The van der Waals surface area contributed by atoms with Crippen molar-refractivity contribution in [3.05, 3.63) is 216 Å². The number of aromatic nitrogens is 2. The Morgan fingerprint density at radius 3 is 1.26 bits per heavy atom. The van der Waals surface area contributed by atoms with Crippen LogP contribution in [0.3, 0.4) is 0 Å². The van der Waals surface area contributed by atoms with E-state index in [1.165, 1.54) is 111 Å². The Balaban J connectivity index is 0.906. The summed E-state index contributed by atoms with van der Waals surface area (Å²) in [6, 6.07) is 59.2. The number of fused-ring (bicyclic) bond motifs is 12. The Hall–Kier alpha value is -7.24. The second-order valence-electron chi connectivity index (χ2n) is 16.8. The molecule has 2 aromatic heterocycles. The zero-order valence-corrected chi connectivity index (χ0v) is 34.5. The van der Waals surface area contributed by atoms with Gasteiger partial charge in [0, 0.05) is 32.9 Å². The summed E-state index contributed by atoms with van der Waals surface area (Å²) in [5.74, 6) is 0. The lowest BCUT2D eigenvalue weighted by Gasteiger charge is -2.12. The molecule has 0 unspecified atom stereocenters. The maximum Gasteiger partial charge on any atom is 0.0721 e. The molecule has 0 radical (unpaired) electrons. The van der Waals surface area contributed by atoms with Gasteiger partial charge in [0.15, 0.2) is 0 Å². The largest absolute Gasteiger partial charge is 0.373 e. The predicted molar refractivity (Wildman–Crippen MR) is 257 cm³/mol. The molecule has 0 atom stereocenters. The van der Waals surface area contributed by atoms with Gasteiger partial charge in [0.05, 0.1) is 48.5 Å². The van der Waals surface area contributed by atoms with E-state index in [1.54, 1.807) is 12.2 Å². The Morgan fingerprint density at radius 1 is 0.403 bits per heavy atom. The van der Waals surface area contributed by atoms with Crippen LogP contribution in [0.25, 0.3) is 88.4 Å². The highest BCUT2D eigenvalue weighted by Gasteiger charge is 2.24. The highest BCUT2D eigenvalue weighted by Crippen LogP contribution is 2.45. The lowest BCUT2D eigenvalue weighted by Crippen LogP contribution is -1.96. The van der Waals surface area contributed by atoms with E-state index in [4.69, 9.17) is 9.47 Å². The fraction of sp³-hybridized carbons (Fsp3) is 0.103. The molecule has 0 amide bonds. The smallest absolute Gasteiger partial charge is 0.0721 e. The molecule has 4 heteroatoms. The summed E-state index contributed by atoms with van der Waals surface area (Å²) in [4.78, 5) is 0. The van der Waals surface area contributed by atoms with Gasteiger partial charge in [-0.1, -0.05) is 97.1 Å². The molecule has 0 fully saturated rings. The second-order valence-corrected chi connectivity index (χ2v) is 16.8. The molecule has 2 aliphatic carbocycles. The third-order valence-corrected chi connectivity index (χ3v) is 13.1. The minimum Gasteiger partial charge on any atom is -0.373 e. The highest BCUT2D eigenvalue weighted by atomic mass is 16.5. The number of rotatable bonds is 11. The number of nitrogens with zero attached hydrogens (tertiary/aromatic N) is 2. The summed E-state index contributed by atoms with van der Waals surface area (Å²) in [7, 11) is 0. The van der Waals surface area contributed by atoms with Crippen molar-refractivity contribution in [2.75, 3.05) is 13.2 Å². The van der Waals surface area contributed by atoms with E-state index in [-0.39, 0.29) is 0 Å². The standard InChI is InChI=1S/C58H44N2O2/c1-3-25-61-35-37-13-23-57-53(27-37)47-9-5-7-11-55(47)59(57)45-21-19-43-29-41-17-15-39(31-49(41)51(43)33-45)40-16-18-42-30-44-20-22-46(34-52(44)50(42)32-40)60-56-12-8-6-10-48(56)54-28-38(14-24-58(54)60)36-62-26-4-2/h3-24,27-28,31-34H,1-2,25-26,29-30,35-36H2. The molecule has 0 bridgehead atoms. The zero-order valence-electron chi connectivity index (χ0n) is 34.5. The van der Waals surface area contributed by atoms with Crippen LogP contribution in [0.2, 0.25) is 0 Å².